The number of unbranched alkanes of at least 4 members (excludes halogenated alkanes) is 1. The van der Waals surface area contributed by atoms with Gasteiger partial charge in [-0.3, -0.25) is 14.8 Å². The Labute approximate surface area is 201 Å². The van der Waals surface area contributed by atoms with E-state index in [9.17, 15) is 9.59 Å². The fourth-order valence-corrected chi connectivity index (χ4v) is 3.42. The van der Waals surface area contributed by atoms with Crippen molar-refractivity contribution >= 4 is 46.1 Å². The Morgan fingerprint density at radius 1 is 0.857 bits per heavy atom. The van der Waals surface area contributed by atoms with Crippen LogP contribution in [-0.4, -0.2) is 43.1 Å². The molecule has 4 aromatic rings. The molecule has 35 heavy (non-hydrogen) atoms. The normalized spacial score (nSPS) is 10.7. The van der Waals surface area contributed by atoms with Gasteiger partial charge in [0.15, 0.2) is 17.0 Å². The number of para-hydroxylation sites is 2. The summed E-state index contributed by atoms with van der Waals surface area (Å²) in [5.41, 5.74) is 4.31. The maximum Gasteiger partial charge on any atom is 0.243 e. The molecule has 11 heteroatoms. The second-order valence-corrected chi connectivity index (χ2v) is 7.76. The molecule has 0 aliphatic heterocycles. The van der Waals surface area contributed by atoms with Crippen molar-refractivity contribution in [3.63, 3.8) is 0 Å². The van der Waals surface area contributed by atoms with E-state index in [1.807, 2.05) is 60.7 Å². The summed E-state index contributed by atoms with van der Waals surface area (Å²) in [5.74, 6) is 0.234. The average molecular weight is 475 g/mol. The lowest BCUT2D eigenvalue weighted by Gasteiger charge is -2.11. The molecule has 0 fully saturated rings. The molecule has 4 rings (SSSR count). The van der Waals surface area contributed by atoms with Gasteiger partial charge in [0.05, 0.1) is 6.33 Å². The Morgan fingerprint density at radius 2 is 1.54 bits per heavy atom. The lowest BCUT2D eigenvalue weighted by molar-refractivity contribution is -0.129. The zero-order chi connectivity index (χ0) is 24.5. The lowest BCUT2D eigenvalue weighted by atomic mass is 10.2. The molecule has 0 bridgehead atoms. The third-order valence-corrected chi connectivity index (χ3v) is 5.12. The molecule has 0 aliphatic rings. The summed E-state index contributed by atoms with van der Waals surface area (Å²) in [5, 5.41) is 17.8. The van der Waals surface area contributed by atoms with Crippen molar-refractivity contribution in [3.8, 4) is 0 Å². The highest BCUT2D eigenvalue weighted by Gasteiger charge is 2.16. The van der Waals surface area contributed by atoms with Gasteiger partial charge in [-0.25, -0.2) is 10.5 Å². The second-order valence-electron chi connectivity index (χ2n) is 7.76. The maximum atomic E-state index is 12.5. The van der Waals surface area contributed by atoms with E-state index >= 15 is 0 Å². The standard InChI is InChI=1S/C24H26N8O3/c33-19(31-35)13-7-8-14-25-20(34)15-32-16-26-21-22(27-17-9-3-1-4-10-17)29-24(30-23(21)32)28-18-11-5-2-6-12-18/h1-6,9-12,16,35H,7-8,13-15H2,(H,25,34)(H,31,33)(H2,27,28,29,30). The number of anilines is 4. The van der Waals surface area contributed by atoms with Crippen molar-refractivity contribution < 1.29 is 14.8 Å². The van der Waals surface area contributed by atoms with Gasteiger partial charge in [0.25, 0.3) is 0 Å². The zero-order valence-electron chi connectivity index (χ0n) is 18.9. The van der Waals surface area contributed by atoms with Crippen LogP contribution in [0.15, 0.2) is 67.0 Å². The molecule has 0 aliphatic carbocycles. The highest BCUT2D eigenvalue weighted by atomic mass is 16.5. The van der Waals surface area contributed by atoms with Crippen LogP contribution in [0.3, 0.4) is 0 Å². The predicted octanol–water partition coefficient (Wildman–Crippen LogP) is 3.11. The number of carbonyl (C=O) groups excluding carboxylic acids is 2. The van der Waals surface area contributed by atoms with E-state index in [-0.39, 0.29) is 18.9 Å². The van der Waals surface area contributed by atoms with Gasteiger partial charge >= 0.3 is 0 Å². The van der Waals surface area contributed by atoms with Gasteiger partial charge in [-0.1, -0.05) is 36.4 Å². The van der Waals surface area contributed by atoms with Gasteiger partial charge in [0, 0.05) is 24.3 Å². The number of benzene rings is 2. The first-order valence-corrected chi connectivity index (χ1v) is 11.2. The minimum Gasteiger partial charge on any atom is -0.355 e. The highest BCUT2D eigenvalue weighted by molar-refractivity contribution is 5.88. The minimum absolute atomic E-state index is 0.0280. The lowest BCUT2D eigenvalue weighted by Crippen LogP contribution is -2.28. The summed E-state index contributed by atoms with van der Waals surface area (Å²) >= 11 is 0. The predicted molar refractivity (Wildman–Crippen MR) is 132 cm³/mol. The summed E-state index contributed by atoms with van der Waals surface area (Å²) in [7, 11) is 0. The zero-order valence-corrected chi connectivity index (χ0v) is 18.9. The molecule has 2 aromatic heterocycles. The second kappa shape index (κ2) is 11.6. The molecule has 0 saturated carbocycles. The fraction of sp³-hybridized carbons (Fsp3) is 0.208. The third kappa shape index (κ3) is 6.51. The smallest absolute Gasteiger partial charge is 0.243 e. The Morgan fingerprint density at radius 3 is 2.23 bits per heavy atom. The van der Waals surface area contributed by atoms with Gasteiger partial charge in [-0.2, -0.15) is 9.97 Å². The van der Waals surface area contributed by atoms with Crippen LogP contribution >= 0.6 is 0 Å². The quantitative estimate of drug-likeness (QED) is 0.127. The van der Waals surface area contributed by atoms with Crippen LogP contribution < -0.4 is 21.4 Å². The number of rotatable bonds is 11. The summed E-state index contributed by atoms with van der Waals surface area (Å²) in [4.78, 5) is 37.2. The summed E-state index contributed by atoms with van der Waals surface area (Å²) in [6, 6.07) is 19.2. The molecular weight excluding hydrogens is 448 g/mol. The molecule has 0 unspecified atom stereocenters. The number of nitrogens with zero attached hydrogens (tertiary/aromatic N) is 4. The SMILES string of the molecule is O=C(CCCCNC(=O)Cn1cnc2c(Nc3ccccc3)nc(Nc3ccccc3)nc21)NO. The number of hydroxylamine groups is 1. The van der Waals surface area contributed by atoms with Crippen molar-refractivity contribution in [2.75, 3.05) is 17.2 Å². The van der Waals surface area contributed by atoms with Gasteiger partial charge in [0.1, 0.15) is 6.54 Å². The van der Waals surface area contributed by atoms with Crippen LogP contribution in [0.4, 0.5) is 23.1 Å². The van der Waals surface area contributed by atoms with Gasteiger partial charge in [0.2, 0.25) is 17.8 Å². The molecule has 5 N–H and O–H groups in total. The number of carbonyl (C=O) groups is 2. The van der Waals surface area contributed by atoms with Crippen LogP contribution in [0.5, 0.6) is 0 Å². The third-order valence-electron chi connectivity index (χ3n) is 5.12. The molecule has 2 aromatic carbocycles. The number of nitrogens with one attached hydrogen (secondary N) is 4. The van der Waals surface area contributed by atoms with Crippen LogP contribution in [0.1, 0.15) is 19.3 Å². The number of aromatic nitrogens is 4. The topological polar surface area (TPSA) is 146 Å². The number of hydrogen-bond acceptors (Lipinski definition) is 8. The van der Waals surface area contributed by atoms with E-state index in [1.165, 1.54) is 0 Å². The monoisotopic (exact) mass is 474 g/mol. The van der Waals surface area contributed by atoms with E-state index < -0.39 is 5.91 Å². The van der Waals surface area contributed by atoms with Gasteiger partial charge in [-0.15, -0.1) is 0 Å². The first-order chi connectivity index (χ1) is 17.1. The summed E-state index contributed by atoms with van der Waals surface area (Å²) in [6.07, 6.45) is 2.93. The molecule has 0 radical (unpaired) electrons. The van der Waals surface area contributed by atoms with Crippen LogP contribution in [0.2, 0.25) is 0 Å². The molecule has 11 nitrogen and oxygen atoms in total. The van der Waals surface area contributed by atoms with E-state index in [0.717, 1.165) is 11.4 Å². The van der Waals surface area contributed by atoms with E-state index in [1.54, 1.807) is 16.4 Å². The Balaban J connectivity index is 1.52. The molecule has 2 heterocycles. The van der Waals surface area contributed by atoms with Crippen LogP contribution in [0, 0.1) is 0 Å². The Hall–Kier alpha value is -4.51. The van der Waals surface area contributed by atoms with Crippen molar-refractivity contribution in [2.24, 2.45) is 0 Å². The van der Waals surface area contributed by atoms with Gasteiger partial charge in [-0.05, 0) is 37.1 Å². The average Bonchev–Trinajstić information content (AvgIpc) is 3.27. The molecule has 0 atom stereocenters. The van der Waals surface area contributed by atoms with Crippen molar-refractivity contribution in [2.45, 2.75) is 25.8 Å². The fourth-order valence-electron chi connectivity index (χ4n) is 3.42. The van der Waals surface area contributed by atoms with E-state index in [0.29, 0.717) is 42.3 Å². The Kier molecular flexibility index (Phi) is 7.81. The molecule has 0 spiro atoms. The minimum atomic E-state index is -0.444. The van der Waals surface area contributed by atoms with E-state index in [4.69, 9.17) is 5.21 Å². The number of imidazole rings is 1. The van der Waals surface area contributed by atoms with Crippen LogP contribution in [-0.2, 0) is 16.1 Å². The van der Waals surface area contributed by atoms with Crippen molar-refractivity contribution in [1.29, 1.82) is 0 Å². The summed E-state index contributed by atoms with van der Waals surface area (Å²) < 4.78 is 1.66. The molecule has 0 saturated heterocycles. The summed E-state index contributed by atoms with van der Waals surface area (Å²) in [6.45, 7) is 0.445. The highest BCUT2D eigenvalue weighted by Crippen LogP contribution is 2.25. The largest absolute Gasteiger partial charge is 0.355 e. The molecule has 2 amide bonds. The van der Waals surface area contributed by atoms with Crippen molar-refractivity contribution in [3.05, 3.63) is 67.0 Å². The number of amides is 2. The first-order valence-electron chi connectivity index (χ1n) is 11.2. The van der Waals surface area contributed by atoms with E-state index in [2.05, 4.69) is 30.9 Å². The molecular formula is C24H26N8O3. The number of fused-ring (bicyclic) bond motifs is 1. The molecule has 180 valence electrons. The van der Waals surface area contributed by atoms with Crippen LogP contribution in [0.25, 0.3) is 11.2 Å². The van der Waals surface area contributed by atoms with Crippen molar-refractivity contribution in [1.82, 2.24) is 30.3 Å². The maximum absolute atomic E-state index is 12.5. The first kappa shape index (κ1) is 23.6. The Bertz CT molecular complexity index is 1280. The number of hydrogen-bond donors (Lipinski definition) is 5. The van der Waals surface area contributed by atoms with Gasteiger partial charge < -0.3 is 20.5 Å².